The monoisotopic (exact) mass is 259 g/mol. The molecular weight excluding hydrogens is 242 g/mol. The molecule has 1 aliphatic carbocycles. The molecule has 1 atom stereocenters. The number of hydrogen-bond acceptors (Lipinski definition) is 3. The minimum Gasteiger partial charge on any atom is -0.353 e. The van der Waals surface area contributed by atoms with Crippen LogP contribution in [0.25, 0.3) is 0 Å². The fraction of sp³-hybridized carbons (Fsp3) is 0.500. The van der Waals surface area contributed by atoms with Gasteiger partial charge in [-0.1, -0.05) is 6.07 Å². The van der Waals surface area contributed by atoms with Gasteiger partial charge < -0.3 is 10.6 Å². The third kappa shape index (κ3) is 2.45. The Bertz CT molecular complexity index is 497. The second kappa shape index (κ2) is 4.64. The Morgan fingerprint density at radius 2 is 2.32 bits per heavy atom. The Morgan fingerprint density at radius 1 is 1.47 bits per heavy atom. The molecule has 1 saturated heterocycles. The molecule has 2 aliphatic rings. The second-order valence-corrected chi connectivity index (χ2v) is 5.37. The molecular formula is C14H17N3O2. The molecule has 1 aromatic heterocycles. The smallest absolute Gasteiger partial charge is 0.242 e. The van der Waals surface area contributed by atoms with E-state index in [0.29, 0.717) is 19.4 Å². The van der Waals surface area contributed by atoms with Gasteiger partial charge in [0.25, 0.3) is 0 Å². The van der Waals surface area contributed by atoms with Gasteiger partial charge in [0, 0.05) is 30.3 Å². The van der Waals surface area contributed by atoms with Gasteiger partial charge in [-0.25, -0.2) is 0 Å². The fourth-order valence-electron chi connectivity index (χ4n) is 2.54. The first kappa shape index (κ1) is 12.1. The van der Waals surface area contributed by atoms with E-state index in [4.69, 9.17) is 0 Å². The van der Waals surface area contributed by atoms with E-state index < -0.39 is 0 Å². The summed E-state index contributed by atoms with van der Waals surface area (Å²) in [4.78, 5) is 27.4. The molecule has 2 heterocycles. The third-order valence-electron chi connectivity index (χ3n) is 3.97. The quantitative estimate of drug-likeness (QED) is 0.827. The van der Waals surface area contributed by atoms with Crippen molar-refractivity contribution in [2.75, 3.05) is 6.54 Å². The van der Waals surface area contributed by atoms with Gasteiger partial charge in [0.15, 0.2) is 0 Å². The normalized spacial score (nSPS) is 23.8. The van der Waals surface area contributed by atoms with Crippen molar-refractivity contribution >= 4 is 11.8 Å². The maximum absolute atomic E-state index is 12.0. The lowest BCUT2D eigenvalue weighted by Crippen LogP contribution is -2.44. The largest absolute Gasteiger partial charge is 0.353 e. The number of aromatic nitrogens is 1. The van der Waals surface area contributed by atoms with Crippen LogP contribution in [0.15, 0.2) is 24.4 Å². The summed E-state index contributed by atoms with van der Waals surface area (Å²) in [7, 11) is 0. The zero-order valence-electron chi connectivity index (χ0n) is 10.7. The summed E-state index contributed by atoms with van der Waals surface area (Å²) in [5.41, 5.74) is 1.06. The topological polar surface area (TPSA) is 71.1 Å². The lowest BCUT2D eigenvalue weighted by Gasteiger charge is -2.17. The van der Waals surface area contributed by atoms with Crippen molar-refractivity contribution in [1.29, 1.82) is 0 Å². The SMILES string of the molecule is O=C1CCC(C(=O)NCC2(c3ccccn3)CC2)N1. The summed E-state index contributed by atoms with van der Waals surface area (Å²) >= 11 is 0. The van der Waals surface area contributed by atoms with Crippen LogP contribution >= 0.6 is 0 Å². The summed E-state index contributed by atoms with van der Waals surface area (Å²) in [6, 6.07) is 5.52. The Labute approximate surface area is 111 Å². The Hall–Kier alpha value is -1.91. The van der Waals surface area contributed by atoms with E-state index in [1.807, 2.05) is 18.2 Å². The molecule has 2 amide bonds. The van der Waals surface area contributed by atoms with Gasteiger partial charge in [-0.3, -0.25) is 14.6 Å². The van der Waals surface area contributed by atoms with E-state index in [2.05, 4.69) is 15.6 Å². The molecule has 19 heavy (non-hydrogen) atoms. The Morgan fingerprint density at radius 3 is 2.89 bits per heavy atom. The molecule has 1 aromatic rings. The molecule has 2 fully saturated rings. The first-order chi connectivity index (χ1) is 9.20. The zero-order chi connectivity index (χ0) is 13.3. The van der Waals surface area contributed by atoms with Crippen molar-refractivity contribution in [3.8, 4) is 0 Å². The van der Waals surface area contributed by atoms with Gasteiger partial charge in [-0.05, 0) is 31.4 Å². The third-order valence-corrected chi connectivity index (χ3v) is 3.97. The van der Waals surface area contributed by atoms with Crippen LogP contribution in [-0.2, 0) is 15.0 Å². The average Bonchev–Trinajstić information content (AvgIpc) is 3.12. The van der Waals surface area contributed by atoms with Crippen molar-refractivity contribution in [2.24, 2.45) is 0 Å². The van der Waals surface area contributed by atoms with Crippen molar-refractivity contribution in [1.82, 2.24) is 15.6 Å². The average molecular weight is 259 g/mol. The number of pyridine rings is 1. The number of amides is 2. The molecule has 0 radical (unpaired) electrons. The van der Waals surface area contributed by atoms with Gasteiger partial charge in [0.05, 0.1) is 0 Å². The van der Waals surface area contributed by atoms with Crippen LogP contribution in [0.5, 0.6) is 0 Å². The van der Waals surface area contributed by atoms with Gasteiger partial charge in [-0.2, -0.15) is 0 Å². The molecule has 1 aliphatic heterocycles. The van der Waals surface area contributed by atoms with Crippen LogP contribution in [0.2, 0.25) is 0 Å². The van der Waals surface area contributed by atoms with Crippen LogP contribution in [0.1, 0.15) is 31.4 Å². The number of carbonyl (C=O) groups excluding carboxylic acids is 2. The van der Waals surface area contributed by atoms with Crippen LogP contribution in [0.4, 0.5) is 0 Å². The summed E-state index contributed by atoms with van der Waals surface area (Å²) in [5.74, 6) is -0.112. The molecule has 3 rings (SSSR count). The molecule has 0 aromatic carbocycles. The molecule has 0 bridgehead atoms. The molecule has 5 nitrogen and oxygen atoms in total. The molecule has 5 heteroatoms. The van der Waals surface area contributed by atoms with E-state index in [0.717, 1.165) is 18.5 Å². The molecule has 2 N–H and O–H groups in total. The summed E-state index contributed by atoms with van der Waals surface area (Å²) in [6.45, 7) is 0.606. The van der Waals surface area contributed by atoms with Gasteiger partial charge in [0.2, 0.25) is 11.8 Å². The van der Waals surface area contributed by atoms with Crippen molar-refractivity contribution < 1.29 is 9.59 Å². The molecule has 0 spiro atoms. The first-order valence-corrected chi connectivity index (χ1v) is 6.68. The highest BCUT2D eigenvalue weighted by molar-refractivity contribution is 5.90. The lowest BCUT2D eigenvalue weighted by molar-refractivity contribution is -0.125. The summed E-state index contributed by atoms with van der Waals surface area (Å²) in [5, 5.41) is 5.64. The minimum absolute atomic E-state index is 0.0134. The van der Waals surface area contributed by atoms with Gasteiger partial charge in [-0.15, -0.1) is 0 Å². The van der Waals surface area contributed by atoms with E-state index in [1.165, 1.54) is 0 Å². The van der Waals surface area contributed by atoms with Gasteiger partial charge in [0.1, 0.15) is 6.04 Å². The Balaban J connectivity index is 1.58. The van der Waals surface area contributed by atoms with Crippen molar-refractivity contribution in [3.05, 3.63) is 30.1 Å². The second-order valence-electron chi connectivity index (χ2n) is 5.37. The highest BCUT2D eigenvalue weighted by Crippen LogP contribution is 2.46. The maximum atomic E-state index is 12.0. The highest BCUT2D eigenvalue weighted by atomic mass is 16.2. The number of nitrogens with zero attached hydrogens (tertiary/aromatic N) is 1. The fourth-order valence-corrected chi connectivity index (χ4v) is 2.54. The summed E-state index contributed by atoms with van der Waals surface area (Å²) in [6.07, 6.45) is 4.95. The van der Waals surface area contributed by atoms with Crippen LogP contribution in [0, 0.1) is 0 Å². The van der Waals surface area contributed by atoms with E-state index in [-0.39, 0.29) is 23.3 Å². The lowest BCUT2D eigenvalue weighted by atomic mass is 10.0. The number of hydrogen-bond donors (Lipinski definition) is 2. The van der Waals surface area contributed by atoms with E-state index in [9.17, 15) is 9.59 Å². The highest BCUT2D eigenvalue weighted by Gasteiger charge is 2.46. The minimum atomic E-state index is -0.355. The van der Waals surface area contributed by atoms with E-state index >= 15 is 0 Å². The van der Waals surface area contributed by atoms with Gasteiger partial charge >= 0.3 is 0 Å². The van der Waals surface area contributed by atoms with Crippen LogP contribution in [-0.4, -0.2) is 29.4 Å². The predicted molar refractivity (Wildman–Crippen MR) is 69.3 cm³/mol. The van der Waals surface area contributed by atoms with E-state index in [1.54, 1.807) is 6.20 Å². The molecule has 1 unspecified atom stereocenters. The van der Waals surface area contributed by atoms with Crippen molar-refractivity contribution in [2.45, 2.75) is 37.1 Å². The Kier molecular flexibility index (Phi) is 2.97. The number of rotatable bonds is 4. The molecule has 1 saturated carbocycles. The first-order valence-electron chi connectivity index (χ1n) is 6.68. The predicted octanol–water partition coefficient (Wildman–Crippen LogP) is 0.508. The summed E-state index contributed by atoms with van der Waals surface area (Å²) < 4.78 is 0. The standard InChI is InChI=1S/C14H17N3O2/c18-12-5-4-10(17-12)13(19)16-9-14(6-7-14)11-3-1-2-8-15-11/h1-3,8,10H,4-7,9H2,(H,16,19)(H,17,18). The van der Waals surface area contributed by atoms with Crippen LogP contribution < -0.4 is 10.6 Å². The van der Waals surface area contributed by atoms with Crippen LogP contribution in [0.3, 0.4) is 0 Å². The zero-order valence-corrected chi connectivity index (χ0v) is 10.7. The number of carbonyl (C=O) groups is 2. The van der Waals surface area contributed by atoms with Crippen molar-refractivity contribution in [3.63, 3.8) is 0 Å². The number of nitrogens with one attached hydrogen (secondary N) is 2. The molecule has 100 valence electrons. The maximum Gasteiger partial charge on any atom is 0.242 e.